The Morgan fingerprint density at radius 2 is 2.16 bits per heavy atom. The highest BCUT2D eigenvalue weighted by atomic mass is 35.5. The van der Waals surface area contributed by atoms with E-state index in [1.54, 1.807) is 30.6 Å². The third-order valence-corrected chi connectivity index (χ3v) is 6.56. The van der Waals surface area contributed by atoms with Gasteiger partial charge in [0.2, 0.25) is 5.95 Å². The van der Waals surface area contributed by atoms with Gasteiger partial charge in [0, 0.05) is 36.0 Å². The van der Waals surface area contributed by atoms with Gasteiger partial charge in [-0.3, -0.25) is 4.79 Å². The van der Waals surface area contributed by atoms with Crippen molar-refractivity contribution in [3.05, 3.63) is 75.5 Å². The first kappa shape index (κ1) is 21.1. The molecule has 1 saturated heterocycles. The van der Waals surface area contributed by atoms with Gasteiger partial charge < -0.3 is 19.7 Å². The Bertz CT molecular complexity index is 1200. The number of aliphatic hydroxyl groups is 1. The number of hydrogen-bond acceptors (Lipinski definition) is 6. The zero-order valence-electron chi connectivity index (χ0n) is 17.1. The Morgan fingerprint density at radius 3 is 2.84 bits per heavy atom. The van der Waals surface area contributed by atoms with E-state index in [1.165, 1.54) is 22.8 Å². The minimum Gasteiger partial charge on any atom is -0.394 e. The van der Waals surface area contributed by atoms with Crippen molar-refractivity contribution in [1.29, 1.82) is 0 Å². The molecular formula is C23H22ClFN4O3. The second-order valence-electron chi connectivity index (χ2n) is 8.24. The van der Waals surface area contributed by atoms with Crippen molar-refractivity contribution in [3.8, 4) is 11.3 Å². The quantitative estimate of drug-likeness (QED) is 0.591. The second kappa shape index (κ2) is 8.61. The van der Waals surface area contributed by atoms with Crippen molar-refractivity contribution < 1.29 is 14.2 Å². The molecule has 2 aromatic heterocycles. The maximum atomic E-state index is 13.9. The molecule has 2 bridgehead atoms. The normalized spacial score (nSPS) is 22.8. The number of pyridine rings is 1. The van der Waals surface area contributed by atoms with Gasteiger partial charge in [-0.2, -0.15) is 0 Å². The fourth-order valence-corrected chi connectivity index (χ4v) is 4.68. The van der Waals surface area contributed by atoms with Gasteiger partial charge >= 0.3 is 0 Å². The Labute approximate surface area is 188 Å². The predicted molar refractivity (Wildman–Crippen MR) is 118 cm³/mol. The minimum atomic E-state index is -0.731. The van der Waals surface area contributed by atoms with Crippen molar-refractivity contribution in [2.24, 2.45) is 5.92 Å². The van der Waals surface area contributed by atoms with E-state index in [0.717, 1.165) is 19.4 Å². The van der Waals surface area contributed by atoms with Crippen molar-refractivity contribution in [2.75, 3.05) is 18.5 Å². The largest absolute Gasteiger partial charge is 0.394 e. The van der Waals surface area contributed by atoms with Gasteiger partial charge in [-0.25, -0.2) is 14.4 Å². The number of fused-ring (bicyclic) bond motifs is 2. The van der Waals surface area contributed by atoms with Crippen LogP contribution in [-0.2, 0) is 4.74 Å². The number of halogens is 2. The highest BCUT2D eigenvalue weighted by Gasteiger charge is 2.41. The molecule has 166 valence electrons. The summed E-state index contributed by atoms with van der Waals surface area (Å²) in [5.74, 6) is 0.397. The summed E-state index contributed by atoms with van der Waals surface area (Å²) in [5, 5.41) is 13.3. The molecule has 2 aliphatic rings. The zero-order chi connectivity index (χ0) is 22.2. The summed E-state index contributed by atoms with van der Waals surface area (Å²) < 4.78 is 20.9. The van der Waals surface area contributed by atoms with Crippen LogP contribution in [0.2, 0.25) is 5.02 Å². The molecule has 2 N–H and O–H groups in total. The number of ether oxygens (including phenoxy) is 1. The lowest BCUT2D eigenvalue weighted by Gasteiger charge is -2.23. The molecule has 4 atom stereocenters. The molecule has 1 aliphatic carbocycles. The smallest absolute Gasteiger partial charge is 0.251 e. The van der Waals surface area contributed by atoms with Crippen LogP contribution in [0.25, 0.3) is 11.3 Å². The predicted octanol–water partition coefficient (Wildman–Crippen LogP) is 3.27. The molecule has 3 aromatic rings. The van der Waals surface area contributed by atoms with Crippen LogP contribution >= 0.6 is 11.6 Å². The van der Waals surface area contributed by atoms with Crippen LogP contribution in [-0.4, -0.2) is 45.0 Å². The Balaban J connectivity index is 1.39. The van der Waals surface area contributed by atoms with Crippen molar-refractivity contribution in [1.82, 2.24) is 14.5 Å². The Morgan fingerprint density at radius 1 is 1.28 bits per heavy atom. The molecular weight excluding hydrogens is 435 g/mol. The minimum absolute atomic E-state index is 0.0146. The highest BCUT2D eigenvalue weighted by molar-refractivity contribution is 6.30. The van der Waals surface area contributed by atoms with Crippen LogP contribution in [0.3, 0.4) is 0 Å². The average Bonchev–Trinajstić information content (AvgIpc) is 3.41. The van der Waals surface area contributed by atoms with Crippen LogP contribution in [0, 0.1) is 11.7 Å². The van der Waals surface area contributed by atoms with Gasteiger partial charge in [-0.05, 0) is 42.7 Å². The molecule has 7 nitrogen and oxygen atoms in total. The lowest BCUT2D eigenvalue weighted by molar-refractivity contribution is 0.0723. The Hall–Kier alpha value is -2.81. The average molecular weight is 457 g/mol. The number of benzene rings is 1. The first-order chi connectivity index (χ1) is 15.5. The molecule has 0 amide bonds. The van der Waals surface area contributed by atoms with E-state index in [-0.39, 0.29) is 17.2 Å². The lowest BCUT2D eigenvalue weighted by atomic mass is 10.1. The van der Waals surface area contributed by atoms with Gasteiger partial charge in [0.05, 0.1) is 36.1 Å². The number of nitrogens with zero attached hydrogens (tertiary/aromatic N) is 3. The molecule has 3 heterocycles. The standard InChI is InChI=1S/C23H22ClFN4O3/c24-17-2-1-14(8-18(17)25)21(11-30)29-6-4-13(9-22(29)31)19-3-5-26-23(27-19)28-20-10-16-7-15(20)12-32-16/h1-6,8-9,15-16,20-21,30H,7,10-12H2,(H,26,27,28)/t15?,16?,20?,21-/m1/s1. The van der Waals surface area contributed by atoms with Gasteiger partial charge in [-0.1, -0.05) is 17.7 Å². The molecule has 2 fully saturated rings. The molecule has 5 rings (SSSR count). The second-order valence-corrected chi connectivity index (χ2v) is 8.64. The van der Waals surface area contributed by atoms with Crippen molar-refractivity contribution in [2.45, 2.75) is 31.0 Å². The first-order valence-corrected chi connectivity index (χ1v) is 10.9. The van der Waals surface area contributed by atoms with E-state index in [0.29, 0.717) is 40.8 Å². The third kappa shape index (κ3) is 4.01. The van der Waals surface area contributed by atoms with E-state index < -0.39 is 11.9 Å². The van der Waals surface area contributed by atoms with Crippen LogP contribution in [0.4, 0.5) is 10.3 Å². The summed E-state index contributed by atoms with van der Waals surface area (Å²) in [6.07, 6.45) is 5.57. The summed E-state index contributed by atoms with van der Waals surface area (Å²) in [5.41, 5.74) is 1.36. The number of rotatable bonds is 6. The van der Waals surface area contributed by atoms with E-state index >= 15 is 0 Å². The van der Waals surface area contributed by atoms with Crippen LogP contribution in [0.5, 0.6) is 0 Å². The lowest BCUT2D eigenvalue weighted by Crippen LogP contribution is -2.30. The summed E-state index contributed by atoms with van der Waals surface area (Å²) in [6, 6.07) is 8.73. The highest BCUT2D eigenvalue weighted by Crippen LogP contribution is 2.36. The molecule has 1 aliphatic heterocycles. The third-order valence-electron chi connectivity index (χ3n) is 6.25. The van der Waals surface area contributed by atoms with Gasteiger partial charge in [0.1, 0.15) is 5.82 Å². The summed E-state index contributed by atoms with van der Waals surface area (Å²) in [6.45, 7) is 0.402. The number of aromatic nitrogens is 3. The van der Waals surface area contributed by atoms with E-state index in [9.17, 15) is 14.3 Å². The monoisotopic (exact) mass is 456 g/mol. The number of aliphatic hydroxyl groups excluding tert-OH is 1. The number of hydrogen-bond donors (Lipinski definition) is 2. The van der Waals surface area contributed by atoms with Crippen molar-refractivity contribution in [3.63, 3.8) is 0 Å². The number of anilines is 1. The van der Waals surface area contributed by atoms with Gasteiger partial charge in [-0.15, -0.1) is 0 Å². The van der Waals surface area contributed by atoms with Crippen LogP contribution in [0.15, 0.2) is 53.6 Å². The molecule has 1 aromatic carbocycles. The molecule has 1 saturated carbocycles. The molecule has 0 spiro atoms. The molecule has 3 unspecified atom stereocenters. The Kier molecular flexibility index (Phi) is 5.67. The summed E-state index contributed by atoms with van der Waals surface area (Å²) in [7, 11) is 0. The zero-order valence-corrected chi connectivity index (χ0v) is 17.9. The SMILES string of the molecule is O=c1cc(-c2ccnc(NC3CC4CC3CO4)n2)ccn1[C@H](CO)c1ccc(Cl)c(F)c1. The maximum Gasteiger partial charge on any atom is 0.251 e. The first-order valence-electron chi connectivity index (χ1n) is 10.5. The van der Waals surface area contributed by atoms with Gasteiger partial charge in [0.25, 0.3) is 5.56 Å². The van der Waals surface area contributed by atoms with Gasteiger partial charge in [0.15, 0.2) is 0 Å². The van der Waals surface area contributed by atoms with Crippen molar-refractivity contribution >= 4 is 17.5 Å². The number of nitrogens with one attached hydrogen (secondary N) is 1. The van der Waals surface area contributed by atoms with Crippen LogP contribution in [0.1, 0.15) is 24.4 Å². The topological polar surface area (TPSA) is 89.3 Å². The molecule has 32 heavy (non-hydrogen) atoms. The van der Waals surface area contributed by atoms with E-state index in [1.807, 2.05) is 0 Å². The molecule has 9 heteroatoms. The molecule has 0 radical (unpaired) electrons. The summed E-state index contributed by atoms with van der Waals surface area (Å²) in [4.78, 5) is 21.8. The van der Waals surface area contributed by atoms with Crippen LogP contribution < -0.4 is 10.9 Å². The van der Waals surface area contributed by atoms with E-state index in [2.05, 4.69) is 15.3 Å². The van der Waals surface area contributed by atoms with E-state index in [4.69, 9.17) is 16.3 Å². The fraction of sp³-hybridized carbons (Fsp3) is 0.348. The fourth-order valence-electron chi connectivity index (χ4n) is 4.57. The maximum absolute atomic E-state index is 13.9. The summed E-state index contributed by atoms with van der Waals surface area (Å²) >= 11 is 5.75.